The second-order valence-corrected chi connectivity index (χ2v) is 5.37. The van der Waals surface area contributed by atoms with Crippen LogP contribution >= 0.6 is 15.9 Å². The molecule has 1 aromatic carbocycles. The van der Waals surface area contributed by atoms with Gasteiger partial charge >= 0.3 is 6.18 Å². The molecule has 1 aliphatic carbocycles. The molecule has 0 atom stereocenters. The molecule has 0 unspecified atom stereocenters. The van der Waals surface area contributed by atoms with Gasteiger partial charge in [0.05, 0.1) is 11.1 Å². The van der Waals surface area contributed by atoms with Gasteiger partial charge < -0.3 is 4.90 Å². The molecule has 19 heavy (non-hydrogen) atoms. The second kappa shape index (κ2) is 5.15. The number of nitrogens with zero attached hydrogens (tertiary/aromatic N) is 1. The highest BCUT2D eigenvalue weighted by atomic mass is 79.9. The summed E-state index contributed by atoms with van der Waals surface area (Å²) in [6.07, 6.45) is -2.58. The quantitative estimate of drug-likeness (QED) is 0.814. The molecule has 0 aromatic heterocycles. The smallest absolute Gasteiger partial charge is 0.336 e. The van der Waals surface area contributed by atoms with Crippen molar-refractivity contribution in [3.8, 4) is 0 Å². The minimum Gasteiger partial charge on any atom is -0.336 e. The Bertz CT molecular complexity index is 497. The van der Waals surface area contributed by atoms with Gasteiger partial charge in [-0.25, -0.2) is 0 Å². The van der Waals surface area contributed by atoms with Crippen molar-refractivity contribution in [2.24, 2.45) is 0 Å². The van der Waals surface area contributed by atoms with Gasteiger partial charge in [0.15, 0.2) is 0 Å². The molecule has 0 N–H and O–H groups in total. The number of alkyl halides is 3. The summed E-state index contributed by atoms with van der Waals surface area (Å²) in [4.78, 5) is 13.9. The van der Waals surface area contributed by atoms with Crippen molar-refractivity contribution in [1.82, 2.24) is 4.90 Å². The summed E-state index contributed by atoms with van der Waals surface area (Å²) < 4.78 is 38.4. The van der Waals surface area contributed by atoms with Gasteiger partial charge in [0.2, 0.25) is 0 Å². The van der Waals surface area contributed by atoms with E-state index in [1.54, 1.807) is 4.90 Å². The monoisotopic (exact) mass is 335 g/mol. The van der Waals surface area contributed by atoms with E-state index >= 15 is 0 Å². The summed E-state index contributed by atoms with van der Waals surface area (Å²) in [7, 11) is 0. The molecule has 1 amide bonds. The van der Waals surface area contributed by atoms with Crippen LogP contribution in [-0.4, -0.2) is 23.4 Å². The topological polar surface area (TPSA) is 20.3 Å². The molecule has 0 aliphatic heterocycles. The van der Waals surface area contributed by atoms with Crippen molar-refractivity contribution in [3.05, 3.63) is 33.8 Å². The first kappa shape index (κ1) is 14.4. The summed E-state index contributed by atoms with van der Waals surface area (Å²) in [6, 6.07) is 3.33. The third-order valence-corrected chi connectivity index (χ3v) is 3.80. The predicted molar refractivity (Wildman–Crippen MR) is 68.9 cm³/mol. The normalized spacial score (nSPS) is 15.4. The molecule has 0 radical (unpaired) electrons. The standard InChI is InChI=1S/C13H13BrF3NO/c1-2-18(9-4-5-9)12(19)10-7-8(13(15,16)17)3-6-11(10)14/h3,6-7,9H,2,4-5H2,1H3. The van der Waals surface area contributed by atoms with Gasteiger partial charge in [-0.2, -0.15) is 13.2 Å². The Morgan fingerprint density at radius 3 is 2.53 bits per heavy atom. The highest BCUT2D eigenvalue weighted by Gasteiger charge is 2.35. The summed E-state index contributed by atoms with van der Waals surface area (Å²) >= 11 is 3.15. The van der Waals surface area contributed by atoms with Crippen LogP contribution in [0.5, 0.6) is 0 Å². The Morgan fingerprint density at radius 2 is 2.05 bits per heavy atom. The number of halogens is 4. The number of rotatable bonds is 3. The summed E-state index contributed by atoms with van der Waals surface area (Å²) in [5.41, 5.74) is -0.727. The highest BCUT2D eigenvalue weighted by Crippen LogP contribution is 2.34. The molecule has 0 bridgehead atoms. The summed E-state index contributed by atoms with van der Waals surface area (Å²) in [6.45, 7) is 2.34. The first-order valence-electron chi connectivity index (χ1n) is 6.02. The Kier molecular flexibility index (Phi) is 3.90. The third kappa shape index (κ3) is 3.11. The number of amides is 1. The van der Waals surface area contributed by atoms with Crippen molar-refractivity contribution in [3.63, 3.8) is 0 Å². The fourth-order valence-corrected chi connectivity index (χ4v) is 2.39. The van der Waals surface area contributed by atoms with E-state index in [-0.39, 0.29) is 17.5 Å². The first-order chi connectivity index (χ1) is 8.84. The zero-order chi connectivity index (χ0) is 14.2. The van der Waals surface area contributed by atoms with Crippen LogP contribution in [0.15, 0.2) is 22.7 Å². The Balaban J connectivity index is 2.35. The first-order valence-corrected chi connectivity index (χ1v) is 6.81. The van der Waals surface area contributed by atoms with Gasteiger partial charge in [0.25, 0.3) is 5.91 Å². The number of carbonyl (C=O) groups is 1. The second-order valence-electron chi connectivity index (χ2n) is 4.51. The Morgan fingerprint density at radius 1 is 1.42 bits per heavy atom. The lowest BCUT2D eigenvalue weighted by molar-refractivity contribution is -0.137. The lowest BCUT2D eigenvalue weighted by atomic mass is 10.1. The molecule has 0 heterocycles. The molecule has 0 saturated heterocycles. The predicted octanol–water partition coefficient (Wildman–Crippen LogP) is 4.09. The number of benzene rings is 1. The molecule has 1 aromatic rings. The van der Waals surface area contributed by atoms with E-state index in [9.17, 15) is 18.0 Å². The van der Waals surface area contributed by atoms with Crippen LogP contribution < -0.4 is 0 Å². The SMILES string of the molecule is CCN(C(=O)c1cc(C(F)(F)F)ccc1Br)C1CC1. The molecule has 1 fully saturated rings. The van der Waals surface area contributed by atoms with E-state index in [4.69, 9.17) is 0 Å². The zero-order valence-electron chi connectivity index (χ0n) is 10.3. The van der Waals surface area contributed by atoms with E-state index in [0.29, 0.717) is 11.0 Å². The number of hydrogen-bond donors (Lipinski definition) is 0. The minimum atomic E-state index is -4.44. The van der Waals surface area contributed by atoms with E-state index in [2.05, 4.69) is 15.9 Å². The average molecular weight is 336 g/mol. The summed E-state index contributed by atoms with van der Waals surface area (Å²) in [5, 5.41) is 0. The molecular formula is C13H13BrF3NO. The van der Waals surface area contributed by atoms with Gasteiger partial charge in [0.1, 0.15) is 0 Å². The van der Waals surface area contributed by atoms with E-state index in [0.717, 1.165) is 25.0 Å². The van der Waals surface area contributed by atoms with E-state index < -0.39 is 11.7 Å². The van der Waals surface area contributed by atoms with Crippen molar-refractivity contribution in [2.75, 3.05) is 6.54 Å². The molecule has 2 rings (SSSR count). The largest absolute Gasteiger partial charge is 0.416 e. The van der Waals surface area contributed by atoms with E-state index in [1.165, 1.54) is 6.07 Å². The van der Waals surface area contributed by atoms with Crippen LogP contribution in [0.25, 0.3) is 0 Å². The molecular weight excluding hydrogens is 323 g/mol. The molecule has 0 spiro atoms. The van der Waals surface area contributed by atoms with Crippen molar-refractivity contribution in [2.45, 2.75) is 32.0 Å². The maximum atomic E-state index is 12.7. The van der Waals surface area contributed by atoms with Gasteiger partial charge in [0, 0.05) is 17.1 Å². The van der Waals surface area contributed by atoms with Crippen molar-refractivity contribution < 1.29 is 18.0 Å². The maximum absolute atomic E-state index is 12.7. The highest BCUT2D eigenvalue weighted by molar-refractivity contribution is 9.10. The van der Waals surface area contributed by atoms with Crippen LogP contribution in [0.2, 0.25) is 0 Å². The molecule has 1 saturated carbocycles. The van der Waals surface area contributed by atoms with Crippen LogP contribution in [0.1, 0.15) is 35.7 Å². The fourth-order valence-electron chi connectivity index (χ4n) is 1.97. The minimum absolute atomic E-state index is 0.0728. The van der Waals surface area contributed by atoms with Gasteiger partial charge in [-0.3, -0.25) is 4.79 Å². The summed E-state index contributed by atoms with van der Waals surface area (Å²) in [5.74, 6) is -0.344. The number of hydrogen-bond acceptors (Lipinski definition) is 1. The van der Waals surface area contributed by atoms with Crippen molar-refractivity contribution in [1.29, 1.82) is 0 Å². The number of carbonyl (C=O) groups excluding carboxylic acids is 1. The van der Waals surface area contributed by atoms with Gasteiger partial charge in [-0.1, -0.05) is 0 Å². The molecule has 1 aliphatic rings. The Labute approximate surface area is 117 Å². The average Bonchev–Trinajstić information content (AvgIpc) is 3.13. The molecule has 6 heteroatoms. The Hall–Kier alpha value is -1.04. The molecule has 104 valence electrons. The lowest BCUT2D eigenvalue weighted by Crippen LogP contribution is -2.33. The fraction of sp³-hybridized carbons (Fsp3) is 0.462. The van der Waals surface area contributed by atoms with Gasteiger partial charge in [-0.15, -0.1) is 0 Å². The van der Waals surface area contributed by atoms with Crippen LogP contribution in [-0.2, 0) is 6.18 Å². The van der Waals surface area contributed by atoms with Crippen LogP contribution in [0, 0.1) is 0 Å². The zero-order valence-corrected chi connectivity index (χ0v) is 11.9. The van der Waals surface area contributed by atoms with Crippen molar-refractivity contribution >= 4 is 21.8 Å². The molecule has 2 nitrogen and oxygen atoms in total. The third-order valence-electron chi connectivity index (χ3n) is 3.11. The lowest BCUT2D eigenvalue weighted by Gasteiger charge is -2.21. The van der Waals surface area contributed by atoms with E-state index in [1.807, 2.05) is 6.92 Å². The van der Waals surface area contributed by atoms with Crippen LogP contribution in [0.4, 0.5) is 13.2 Å². The maximum Gasteiger partial charge on any atom is 0.416 e. The van der Waals surface area contributed by atoms with Crippen LogP contribution in [0.3, 0.4) is 0 Å². The van der Waals surface area contributed by atoms with Gasteiger partial charge in [-0.05, 0) is 53.9 Å².